The fourth-order valence-corrected chi connectivity index (χ4v) is 1.43. The van der Waals surface area contributed by atoms with Crippen LogP contribution in [0.15, 0.2) is 12.3 Å². The second-order valence-corrected chi connectivity index (χ2v) is 3.57. The van der Waals surface area contributed by atoms with Crippen molar-refractivity contribution < 1.29 is 14.9 Å². The molecule has 0 amide bonds. The minimum atomic E-state index is -1.01. The standard InChI is InChI=1S/C10H14ClNO3/c1-6-3-7(5-12-10(6)15-2)9(14)8(13)4-11/h3,5,8-9,13-14H,4H2,1-2H3. The molecule has 1 aromatic rings. The molecule has 0 saturated carbocycles. The Balaban J connectivity index is 2.92. The molecule has 0 aliphatic carbocycles. The van der Waals surface area contributed by atoms with E-state index >= 15 is 0 Å². The predicted molar refractivity (Wildman–Crippen MR) is 57.2 cm³/mol. The molecular formula is C10H14ClNO3. The van der Waals surface area contributed by atoms with Crippen molar-refractivity contribution in [1.29, 1.82) is 0 Å². The summed E-state index contributed by atoms with van der Waals surface area (Å²) in [4.78, 5) is 4.00. The molecule has 1 heterocycles. The van der Waals surface area contributed by atoms with Crippen molar-refractivity contribution in [3.63, 3.8) is 0 Å². The highest BCUT2D eigenvalue weighted by atomic mass is 35.5. The van der Waals surface area contributed by atoms with Crippen molar-refractivity contribution in [2.24, 2.45) is 0 Å². The molecular weight excluding hydrogens is 218 g/mol. The molecule has 15 heavy (non-hydrogen) atoms. The van der Waals surface area contributed by atoms with Gasteiger partial charge in [0.1, 0.15) is 6.10 Å². The quantitative estimate of drug-likeness (QED) is 0.760. The Morgan fingerprint density at radius 1 is 1.53 bits per heavy atom. The largest absolute Gasteiger partial charge is 0.481 e. The first-order chi connectivity index (χ1) is 7.10. The number of ether oxygens (including phenoxy) is 1. The van der Waals surface area contributed by atoms with E-state index in [9.17, 15) is 10.2 Å². The van der Waals surface area contributed by atoms with Crippen LogP contribution >= 0.6 is 11.6 Å². The number of aliphatic hydroxyl groups is 2. The lowest BCUT2D eigenvalue weighted by Gasteiger charge is -2.16. The molecule has 1 aromatic heterocycles. The minimum absolute atomic E-state index is 0.0216. The van der Waals surface area contributed by atoms with Gasteiger partial charge < -0.3 is 14.9 Å². The number of aromatic nitrogens is 1. The summed E-state index contributed by atoms with van der Waals surface area (Å²) in [5.41, 5.74) is 1.33. The van der Waals surface area contributed by atoms with Crippen molar-refractivity contribution in [1.82, 2.24) is 4.98 Å². The number of halogens is 1. The summed E-state index contributed by atoms with van der Waals surface area (Å²) >= 11 is 5.44. The molecule has 0 fully saturated rings. The Bertz CT molecular complexity index is 332. The van der Waals surface area contributed by atoms with E-state index in [1.54, 1.807) is 6.07 Å². The van der Waals surface area contributed by atoms with Crippen LogP contribution < -0.4 is 4.74 Å². The van der Waals surface area contributed by atoms with Gasteiger partial charge in [-0.1, -0.05) is 0 Å². The summed E-state index contributed by atoms with van der Waals surface area (Å²) in [6.45, 7) is 1.81. The average Bonchev–Trinajstić information content (AvgIpc) is 2.26. The maximum absolute atomic E-state index is 9.66. The third kappa shape index (κ3) is 2.81. The van der Waals surface area contributed by atoms with Gasteiger partial charge in [-0.05, 0) is 13.0 Å². The van der Waals surface area contributed by atoms with Gasteiger partial charge in [0.25, 0.3) is 0 Å². The van der Waals surface area contributed by atoms with Gasteiger partial charge in [-0.2, -0.15) is 0 Å². The molecule has 0 radical (unpaired) electrons. The number of aryl methyl sites for hydroxylation is 1. The van der Waals surface area contributed by atoms with E-state index in [-0.39, 0.29) is 5.88 Å². The number of hydrogen-bond donors (Lipinski definition) is 2. The Morgan fingerprint density at radius 2 is 2.20 bits per heavy atom. The second-order valence-electron chi connectivity index (χ2n) is 3.26. The van der Waals surface area contributed by atoms with Gasteiger partial charge in [0.05, 0.1) is 19.1 Å². The molecule has 5 heteroatoms. The molecule has 2 unspecified atom stereocenters. The summed E-state index contributed by atoms with van der Waals surface area (Å²) in [6.07, 6.45) is -0.535. The number of rotatable bonds is 4. The highest BCUT2D eigenvalue weighted by molar-refractivity contribution is 6.18. The SMILES string of the molecule is COc1ncc(C(O)C(O)CCl)cc1C. The van der Waals surface area contributed by atoms with Crippen LogP contribution in [0, 0.1) is 6.92 Å². The molecule has 0 aliphatic rings. The molecule has 0 saturated heterocycles. The number of methoxy groups -OCH3 is 1. The monoisotopic (exact) mass is 231 g/mol. The van der Waals surface area contributed by atoms with Crippen LogP contribution in [-0.4, -0.2) is 34.3 Å². The van der Waals surface area contributed by atoms with Crippen molar-refractivity contribution in [3.8, 4) is 5.88 Å². The van der Waals surface area contributed by atoms with Crippen LogP contribution in [-0.2, 0) is 0 Å². The molecule has 0 aliphatic heterocycles. The van der Waals surface area contributed by atoms with Crippen molar-refractivity contribution in [3.05, 3.63) is 23.4 Å². The second kappa shape index (κ2) is 5.30. The molecule has 1 rings (SSSR count). The summed E-state index contributed by atoms with van der Waals surface area (Å²) < 4.78 is 4.99. The van der Waals surface area contributed by atoms with Crippen LogP contribution in [0.3, 0.4) is 0 Å². The van der Waals surface area contributed by atoms with Crippen LogP contribution in [0.2, 0.25) is 0 Å². The molecule has 0 spiro atoms. The first-order valence-corrected chi connectivity index (χ1v) is 5.06. The lowest BCUT2D eigenvalue weighted by atomic mass is 10.1. The highest BCUT2D eigenvalue weighted by Gasteiger charge is 2.18. The van der Waals surface area contributed by atoms with Crippen LogP contribution in [0.1, 0.15) is 17.2 Å². The van der Waals surface area contributed by atoms with Gasteiger partial charge in [-0.3, -0.25) is 0 Å². The third-order valence-electron chi connectivity index (χ3n) is 2.11. The maximum atomic E-state index is 9.66. The molecule has 0 bridgehead atoms. The molecule has 2 atom stereocenters. The van der Waals surface area contributed by atoms with Crippen molar-refractivity contribution >= 4 is 11.6 Å². The van der Waals surface area contributed by atoms with Crippen molar-refractivity contribution in [2.75, 3.05) is 13.0 Å². The lowest BCUT2D eigenvalue weighted by Crippen LogP contribution is -2.20. The molecule has 84 valence electrons. The van der Waals surface area contributed by atoms with Crippen LogP contribution in [0.4, 0.5) is 0 Å². The van der Waals surface area contributed by atoms with Gasteiger partial charge in [0.15, 0.2) is 0 Å². The number of pyridine rings is 1. The fourth-order valence-electron chi connectivity index (χ4n) is 1.27. The molecule has 2 N–H and O–H groups in total. The van der Waals surface area contributed by atoms with Gasteiger partial charge in [0, 0.05) is 17.3 Å². The normalized spacial score (nSPS) is 14.7. The van der Waals surface area contributed by atoms with Crippen molar-refractivity contribution in [2.45, 2.75) is 19.1 Å². The lowest BCUT2D eigenvalue weighted by molar-refractivity contribution is 0.0324. The Hall–Kier alpha value is -0.840. The van der Waals surface area contributed by atoms with Gasteiger partial charge in [-0.15, -0.1) is 11.6 Å². The average molecular weight is 232 g/mol. The fraction of sp³-hybridized carbons (Fsp3) is 0.500. The van der Waals surface area contributed by atoms with E-state index in [4.69, 9.17) is 16.3 Å². The Labute approximate surface area is 93.5 Å². The summed E-state index contributed by atoms with van der Waals surface area (Å²) in [6, 6.07) is 1.71. The number of nitrogens with zero attached hydrogens (tertiary/aromatic N) is 1. The third-order valence-corrected chi connectivity index (χ3v) is 2.43. The van der Waals surface area contributed by atoms with E-state index in [2.05, 4.69) is 4.98 Å². The van der Waals surface area contributed by atoms with E-state index in [1.807, 2.05) is 6.92 Å². The van der Waals surface area contributed by atoms with Gasteiger partial charge >= 0.3 is 0 Å². The molecule has 4 nitrogen and oxygen atoms in total. The zero-order valence-electron chi connectivity index (χ0n) is 8.64. The Kier molecular flexibility index (Phi) is 4.32. The maximum Gasteiger partial charge on any atom is 0.215 e. The van der Waals surface area contributed by atoms with E-state index in [0.29, 0.717) is 11.4 Å². The van der Waals surface area contributed by atoms with Crippen LogP contribution in [0.25, 0.3) is 0 Å². The van der Waals surface area contributed by atoms with Crippen LogP contribution in [0.5, 0.6) is 5.88 Å². The van der Waals surface area contributed by atoms with Gasteiger partial charge in [0.2, 0.25) is 5.88 Å². The summed E-state index contributed by atoms with van der Waals surface area (Å²) in [5.74, 6) is 0.484. The van der Waals surface area contributed by atoms with E-state index in [1.165, 1.54) is 13.3 Å². The topological polar surface area (TPSA) is 62.6 Å². The summed E-state index contributed by atoms with van der Waals surface area (Å²) in [7, 11) is 1.53. The number of aliphatic hydroxyl groups excluding tert-OH is 2. The minimum Gasteiger partial charge on any atom is -0.481 e. The summed E-state index contributed by atoms with van der Waals surface area (Å²) in [5, 5.41) is 19.0. The Morgan fingerprint density at radius 3 is 2.67 bits per heavy atom. The zero-order valence-corrected chi connectivity index (χ0v) is 9.40. The van der Waals surface area contributed by atoms with E-state index in [0.717, 1.165) is 5.56 Å². The molecule has 0 aromatic carbocycles. The predicted octanol–water partition coefficient (Wildman–Crippen LogP) is 1.03. The smallest absolute Gasteiger partial charge is 0.215 e. The van der Waals surface area contributed by atoms with Gasteiger partial charge in [-0.25, -0.2) is 4.98 Å². The zero-order chi connectivity index (χ0) is 11.4. The number of hydrogen-bond acceptors (Lipinski definition) is 4. The van der Waals surface area contributed by atoms with E-state index < -0.39 is 12.2 Å². The highest BCUT2D eigenvalue weighted by Crippen LogP contribution is 2.22. The first-order valence-electron chi connectivity index (χ1n) is 4.52. The first kappa shape index (κ1) is 12.2. The number of alkyl halides is 1.